The molecule has 1 fully saturated rings. The Bertz CT molecular complexity index is 414. The lowest BCUT2D eigenvalue weighted by molar-refractivity contribution is -0.137. The highest BCUT2D eigenvalue weighted by molar-refractivity contribution is 5.26. The Balaban J connectivity index is 2.13. The van der Waals surface area contributed by atoms with Crippen molar-refractivity contribution in [1.29, 1.82) is 0 Å². The van der Waals surface area contributed by atoms with Crippen LogP contribution in [0, 0.1) is 0 Å². The van der Waals surface area contributed by atoms with Gasteiger partial charge in [0.25, 0.3) is 0 Å². The van der Waals surface area contributed by atoms with Crippen LogP contribution in [0.5, 0.6) is 0 Å². The first-order valence-electron chi connectivity index (χ1n) is 6.56. The summed E-state index contributed by atoms with van der Waals surface area (Å²) < 4.78 is 37.5. The molecule has 1 aromatic rings. The van der Waals surface area contributed by atoms with Crippen LogP contribution < -0.4 is 5.73 Å². The Morgan fingerprint density at radius 1 is 1.32 bits per heavy atom. The van der Waals surface area contributed by atoms with E-state index in [1.165, 1.54) is 0 Å². The third-order valence-corrected chi connectivity index (χ3v) is 3.91. The highest BCUT2D eigenvalue weighted by Gasteiger charge is 2.31. The van der Waals surface area contributed by atoms with E-state index in [0.717, 1.165) is 37.1 Å². The minimum atomic E-state index is -4.27. The Morgan fingerprint density at radius 3 is 2.47 bits per heavy atom. The fourth-order valence-electron chi connectivity index (χ4n) is 2.76. The molecule has 1 aliphatic rings. The van der Waals surface area contributed by atoms with E-state index in [-0.39, 0.29) is 6.04 Å². The minimum Gasteiger partial charge on any atom is -0.329 e. The topological polar surface area (TPSA) is 29.3 Å². The van der Waals surface area contributed by atoms with E-state index < -0.39 is 11.7 Å². The molecule has 0 aliphatic carbocycles. The molecule has 2 atom stereocenters. The molecule has 2 rings (SSSR count). The first-order chi connectivity index (χ1) is 8.93. The standard InChI is InChI=1S/C14H19F3N2/c1-10(19-8-2-3-13(19)9-18)11-4-6-12(7-5-11)14(15,16)17/h4-7,10,13H,2-3,8-9,18H2,1H3. The van der Waals surface area contributed by atoms with Gasteiger partial charge < -0.3 is 5.73 Å². The fraction of sp³-hybridized carbons (Fsp3) is 0.571. The number of benzene rings is 1. The summed E-state index contributed by atoms with van der Waals surface area (Å²) >= 11 is 0. The summed E-state index contributed by atoms with van der Waals surface area (Å²) in [5, 5.41) is 0. The Kier molecular flexibility index (Phi) is 4.16. The van der Waals surface area contributed by atoms with Gasteiger partial charge in [-0.1, -0.05) is 12.1 Å². The molecule has 0 aromatic heterocycles. The van der Waals surface area contributed by atoms with E-state index in [1.54, 1.807) is 12.1 Å². The van der Waals surface area contributed by atoms with E-state index in [0.29, 0.717) is 12.6 Å². The molecule has 0 spiro atoms. The van der Waals surface area contributed by atoms with Gasteiger partial charge in [0.1, 0.15) is 0 Å². The lowest BCUT2D eigenvalue weighted by Crippen LogP contribution is -2.37. The van der Waals surface area contributed by atoms with Crippen molar-refractivity contribution in [3.8, 4) is 0 Å². The molecule has 2 nitrogen and oxygen atoms in total. The molecule has 0 amide bonds. The summed E-state index contributed by atoms with van der Waals surface area (Å²) in [7, 11) is 0. The number of likely N-dealkylation sites (tertiary alicyclic amines) is 1. The van der Waals surface area contributed by atoms with Gasteiger partial charge in [-0.15, -0.1) is 0 Å². The number of rotatable bonds is 3. The summed E-state index contributed by atoms with van der Waals surface area (Å²) in [5.74, 6) is 0. The van der Waals surface area contributed by atoms with Crippen molar-refractivity contribution in [3.05, 3.63) is 35.4 Å². The van der Waals surface area contributed by atoms with Crippen molar-refractivity contribution in [2.45, 2.75) is 38.0 Å². The zero-order valence-electron chi connectivity index (χ0n) is 11.0. The van der Waals surface area contributed by atoms with Crippen molar-refractivity contribution >= 4 is 0 Å². The van der Waals surface area contributed by atoms with Crippen molar-refractivity contribution in [2.75, 3.05) is 13.1 Å². The van der Waals surface area contributed by atoms with E-state index in [9.17, 15) is 13.2 Å². The van der Waals surface area contributed by atoms with Gasteiger partial charge in [0, 0.05) is 18.6 Å². The van der Waals surface area contributed by atoms with Gasteiger partial charge >= 0.3 is 6.18 Å². The first-order valence-corrected chi connectivity index (χ1v) is 6.56. The number of halogens is 3. The second kappa shape index (κ2) is 5.51. The van der Waals surface area contributed by atoms with E-state index in [1.807, 2.05) is 6.92 Å². The summed E-state index contributed by atoms with van der Waals surface area (Å²) in [6.07, 6.45) is -2.09. The molecule has 106 valence electrons. The Hall–Kier alpha value is -1.07. The maximum Gasteiger partial charge on any atom is 0.416 e. The molecular formula is C14H19F3N2. The number of nitrogens with zero attached hydrogens (tertiary/aromatic N) is 1. The third-order valence-electron chi connectivity index (χ3n) is 3.91. The predicted molar refractivity (Wildman–Crippen MR) is 68.6 cm³/mol. The van der Waals surface area contributed by atoms with Crippen LogP contribution in [-0.2, 0) is 6.18 Å². The van der Waals surface area contributed by atoms with E-state index >= 15 is 0 Å². The average Bonchev–Trinajstić information content (AvgIpc) is 2.85. The summed E-state index contributed by atoms with van der Waals surface area (Å²) in [4.78, 5) is 2.28. The monoisotopic (exact) mass is 272 g/mol. The minimum absolute atomic E-state index is 0.110. The van der Waals surface area contributed by atoms with Crippen LogP contribution in [0.4, 0.5) is 13.2 Å². The highest BCUT2D eigenvalue weighted by Crippen LogP contribution is 2.32. The molecule has 1 saturated heterocycles. The number of nitrogens with two attached hydrogens (primary N) is 1. The van der Waals surface area contributed by atoms with Gasteiger partial charge in [0.05, 0.1) is 5.56 Å². The zero-order chi connectivity index (χ0) is 14.0. The SMILES string of the molecule is CC(c1ccc(C(F)(F)F)cc1)N1CCCC1CN. The maximum atomic E-state index is 12.5. The molecule has 5 heteroatoms. The Morgan fingerprint density at radius 2 is 1.95 bits per heavy atom. The van der Waals surface area contributed by atoms with Crippen LogP contribution in [0.1, 0.15) is 36.9 Å². The lowest BCUT2D eigenvalue weighted by atomic mass is 10.0. The average molecular weight is 272 g/mol. The largest absolute Gasteiger partial charge is 0.416 e. The van der Waals surface area contributed by atoms with Crippen molar-refractivity contribution in [1.82, 2.24) is 4.90 Å². The fourth-order valence-corrected chi connectivity index (χ4v) is 2.76. The van der Waals surface area contributed by atoms with Crippen molar-refractivity contribution in [3.63, 3.8) is 0 Å². The molecule has 1 heterocycles. The lowest BCUT2D eigenvalue weighted by Gasteiger charge is -2.30. The smallest absolute Gasteiger partial charge is 0.329 e. The molecule has 2 unspecified atom stereocenters. The van der Waals surface area contributed by atoms with Crippen LogP contribution in [0.15, 0.2) is 24.3 Å². The summed E-state index contributed by atoms with van der Waals surface area (Å²) in [6, 6.07) is 5.90. The Labute approximate surface area is 111 Å². The van der Waals surface area contributed by atoms with Crippen LogP contribution in [0.2, 0.25) is 0 Å². The van der Waals surface area contributed by atoms with Gasteiger partial charge in [-0.3, -0.25) is 4.90 Å². The van der Waals surface area contributed by atoms with Gasteiger partial charge in [-0.25, -0.2) is 0 Å². The molecule has 1 aliphatic heterocycles. The number of hydrogen-bond donors (Lipinski definition) is 1. The van der Waals surface area contributed by atoms with Crippen molar-refractivity contribution in [2.24, 2.45) is 5.73 Å². The number of hydrogen-bond acceptors (Lipinski definition) is 2. The van der Waals surface area contributed by atoms with Gasteiger partial charge in [-0.2, -0.15) is 13.2 Å². The van der Waals surface area contributed by atoms with Crippen LogP contribution in [-0.4, -0.2) is 24.0 Å². The molecular weight excluding hydrogens is 253 g/mol. The van der Waals surface area contributed by atoms with Crippen LogP contribution in [0.25, 0.3) is 0 Å². The zero-order valence-corrected chi connectivity index (χ0v) is 11.0. The van der Waals surface area contributed by atoms with Gasteiger partial charge in [-0.05, 0) is 44.0 Å². The van der Waals surface area contributed by atoms with Crippen molar-refractivity contribution < 1.29 is 13.2 Å². The maximum absolute atomic E-state index is 12.5. The predicted octanol–water partition coefficient (Wildman–Crippen LogP) is 3.19. The molecule has 0 radical (unpaired) electrons. The van der Waals surface area contributed by atoms with E-state index in [2.05, 4.69) is 4.90 Å². The molecule has 19 heavy (non-hydrogen) atoms. The van der Waals surface area contributed by atoms with E-state index in [4.69, 9.17) is 5.73 Å². The normalized spacial score (nSPS) is 22.7. The second-order valence-electron chi connectivity index (χ2n) is 5.07. The number of alkyl halides is 3. The molecule has 1 aromatic carbocycles. The second-order valence-corrected chi connectivity index (χ2v) is 5.07. The van der Waals surface area contributed by atoms with Gasteiger partial charge in [0.15, 0.2) is 0 Å². The summed E-state index contributed by atoms with van der Waals surface area (Å²) in [6.45, 7) is 3.59. The van der Waals surface area contributed by atoms with Gasteiger partial charge in [0.2, 0.25) is 0 Å². The first kappa shape index (κ1) is 14.3. The summed E-state index contributed by atoms with van der Waals surface area (Å²) in [5.41, 5.74) is 6.04. The third kappa shape index (κ3) is 3.09. The van der Waals surface area contributed by atoms with Crippen LogP contribution in [0.3, 0.4) is 0 Å². The highest BCUT2D eigenvalue weighted by atomic mass is 19.4. The molecule has 2 N–H and O–H groups in total. The molecule has 0 saturated carbocycles. The van der Waals surface area contributed by atoms with Crippen LogP contribution >= 0.6 is 0 Å². The quantitative estimate of drug-likeness (QED) is 0.915. The molecule has 0 bridgehead atoms.